The fraction of sp³-hybridized carbons (Fsp3) is 0.625. The maximum Gasteiger partial charge on any atom is 0.0731 e. The van der Waals surface area contributed by atoms with Crippen LogP contribution in [0.1, 0.15) is 44.7 Å². The lowest BCUT2D eigenvalue weighted by atomic mass is 9.84. The molecule has 100 valence electrons. The van der Waals surface area contributed by atoms with Crippen LogP contribution in [-0.4, -0.2) is 23.9 Å². The lowest BCUT2D eigenvalue weighted by Crippen LogP contribution is -2.38. The van der Waals surface area contributed by atoms with E-state index in [4.69, 9.17) is 4.74 Å². The molecule has 1 aliphatic heterocycles. The number of ether oxygens (including phenoxy) is 1. The largest absolute Gasteiger partial charge is 0.389 e. The van der Waals surface area contributed by atoms with Crippen molar-refractivity contribution in [3.8, 4) is 0 Å². The zero-order chi connectivity index (χ0) is 13.2. The number of benzene rings is 1. The first-order valence-electron chi connectivity index (χ1n) is 6.79. The molecule has 0 aliphatic carbocycles. The zero-order valence-corrected chi connectivity index (χ0v) is 11.7. The molecule has 0 unspecified atom stereocenters. The third-order valence-corrected chi connectivity index (χ3v) is 3.78. The third-order valence-electron chi connectivity index (χ3n) is 3.78. The second-order valence-electron chi connectivity index (χ2n) is 6.46. The quantitative estimate of drug-likeness (QED) is 0.871. The van der Waals surface area contributed by atoms with E-state index >= 15 is 0 Å². The molecule has 1 heterocycles. The van der Waals surface area contributed by atoms with Gasteiger partial charge in [-0.15, -0.1) is 0 Å². The summed E-state index contributed by atoms with van der Waals surface area (Å²) in [6, 6.07) is 8.65. The lowest BCUT2D eigenvalue weighted by Gasteiger charge is -2.32. The highest BCUT2D eigenvalue weighted by atomic mass is 16.5. The van der Waals surface area contributed by atoms with Crippen LogP contribution in [-0.2, 0) is 16.6 Å². The summed E-state index contributed by atoms with van der Waals surface area (Å²) in [6.45, 7) is 8.00. The molecule has 1 saturated heterocycles. The second kappa shape index (κ2) is 5.02. The van der Waals surface area contributed by atoms with Crippen molar-refractivity contribution in [3.63, 3.8) is 0 Å². The topological polar surface area (TPSA) is 29.5 Å². The van der Waals surface area contributed by atoms with E-state index in [0.717, 1.165) is 19.3 Å². The van der Waals surface area contributed by atoms with Crippen LogP contribution >= 0.6 is 0 Å². The van der Waals surface area contributed by atoms with Crippen LogP contribution in [0.3, 0.4) is 0 Å². The summed E-state index contributed by atoms with van der Waals surface area (Å²) in [5, 5.41) is 10.5. The predicted molar refractivity (Wildman–Crippen MR) is 73.8 cm³/mol. The Bertz CT molecular complexity index is 381. The molecule has 0 aromatic heterocycles. The highest BCUT2D eigenvalue weighted by molar-refractivity contribution is 5.28. The minimum atomic E-state index is -0.568. The van der Waals surface area contributed by atoms with Crippen molar-refractivity contribution in [2.24, 2.45) is 0 Å². The van der Waals surface area contributed by atoms with Gasteiger partial charge in [0.25, 0.3) is 0 Å². The number of hydrogen-bond acceptors (Lipinski definition) is 2. The van der Waals surface area contributed by atoms with E-state index in [1.807, 2.05) is 0 Å². The van der Waals surface area contributed by atoms with Crippen LogP contribution in [0.2, 0.25) is 0 Å². The van der Waals surface area contributed by atoms with E-state index in [1.54, 1.807) is 0 Å². The monoisotopic (exact) mass is 248 g/mol. The number of hydrogen-bond donors (Lipinski definition) is 1. The molecule has 1 N–H and O–H groups in total. The van der Waals surface area contributed by atoms with Crippen LogP contribution in [0.5, 0.6) is 0 Å². The van der Waals surface area contributed by atoms with Gasteiger partial charge in [0.05, 0.1) is 5.60 Å². The van der Waals surface area contributed by atoms with Crippen molar-refractivity contribution in [1.29, 1.82) is 0 Å². The normalized spacial score (nSPS) is 19.8. The smallest absolute Gasteiger partial charge is 0.0731 e. The van der Waals surface area contributed by atoms with Gasteiger partial charge in [-0.3, -0.25) is 0 Å². The van der Waals surface area contributed by atoms with E-state index < -0.39 is 5.60 Å². The Morgan fingerprint density at radius 1 is 1.11 bits per heavy atom. The summed E-state index contributed by atoms with van der Waals surface area (Å²) >= 11 is 0. The lowest BCUT2D eigenvalue weighted by molar-refractivity contribution is -0.0625. The van der Waals surface area contributed by atoms with E-state index in [-0.39, 0.29) is 5.41 Å². The first-order valence-corrected chi connectivity index (χ1v) is 6.79. The molecule has 2 heteroatoms. The third kappa shape index (κ3) is 3.33. The molecule has 1 aromatic carbocycles. The highest BCUT2D eigenvalue weighted by Gasteiger charge is 2.29. The Morgan fingerprint density at radius 3 is 2.17 bits per heavy atom. The molecule has 0 saturated carbocycles. The van der Waals surface area contributed by atoms with Gasteiger partial charge in [-0.2, -0.15) is 0 Å². The molecule has 0 amide bonds. The second-order valence-corrected chi connectivity index (χ2v) is 6.46. The van der Waals surface area contributed by atoms with Crippen molar-refractivity contribution in [2.75, 3.05) is 13.2 Å². The molecule has 0 atom stereocenters. The minimum Gasteiger partial charge on any atom is -0.389 e. The first-order chi connectivity index (χ1) is 8.39. The average molecular weight is 248 g/mol. The summed E-state index contributed by atoms with van der Waals surface area (Å²) in [5.74, 6) is 0. The zero-order valence-electron chi connectivity index (χ0n) is 11.7. The average Bonchev–Trinajstić information content (AvgIpc) is 2.29. The van der Waals surface area contributed by atoms with Gasteiger partial charge in [-0.25, -0.2) is 0 Å². The number of rotatable bonds is 2. The van der Waals surface area contributed by atoms with Crippen LogP contribution in [0.15, 0.2) is 24.3 Å². The highest BCUT2D eigenvalue weighted by Crippen LogP contribution is 2.27. The van der Waals surface area contributed by atoms with Gasteiger partial charge in [0.2, 0.25) is 0 Å². The van der Waals surface area contributed by atoms with E-state index in [2.05, 4.69) is 45.0 Å². The molecule has 1 aliphatic rings. The van der Waals surface area contributed by atoms with Gasteiger partial charge < -0.3 is 9.84 Å². The summed E-state index contributed by atoms with van der Waals surface area (Å²) in [7, 11) is 0. The van der Waals surface area contributed by atoms with Crippen LogP contribution in [0.25, 0.3) is 0 Å². The first kappa shape index (κ1) is 13.6. The minimum absolute atomic E-state index is 0.189. The summed E-state index contributed by atoms with van der Waals surface area (Å²) < 4.78 is 5.31. The maximum atomic E-state index is 10.5. The van der Waals surface area contributed by atoms with Gasteiger partial charge in [0.15, 0.2) is 0 Å². The molecule has 0 radical (unpaired) electrons. The molecule has 0 bridgehead atoms. The summed E-state index contributed by atoms with van der Waals surface area (Å²) in [6.07, 6.45) is 2.23. The van der Waals surface area contributed by atoms with Crippen LogP contribution in [0.4, 0.5) is 0 Å². The van der Waals surface area contributed by atoms with E-state index in [1.165, 1.54) is 11.1 Å². The van der Waals surface area contributed by atoms with Crippen molar-refractivity contribution in [1.82, 2.24) is 0 Å². The van der Waals surface area contributed by atoms with Crippen molar-refractivity contribution in [3.05, 3.63) is 35.4 Å². The van der Waals surface area contributed by atoms with Gasteiger partial charge >= 0.3 is 0 Å². The Kier molecular flexibility index (Phi) is 3.79. The summed E-state index contributed by atoms with van der Waals surface area (Å²) in [4.78, 5) is 0. The summed E-state index contributed by atoms with van der Waals surface area (Å²) in [5.41, 5.74) is 2.17. The number of aliphatic hydroxyl groups is 1. The van der Waals surface area contributed by atoms with Crippen LogP contribution in [0, 0.1) is 0 Å². The van der Waals surface area contributed by atoms with Crippen molar-refractivity contribution in [2.45, 2.75) is 51.0 Å². The standard InChI is InChI=1S/C16H24O2/c1-15(2,3)14-6-4-13(5-7-14)12-16(17)8-10-18-11-9-16/h4-7,17H,8-12H2,1-3H3. The molecule has 2 nitrogen and oxygen atoms in total. The Hall–Kier alpha value is -0.860. The van der Waals surface area contributed by atoms with Gasteiger partial charge in [0, 0.05) is 19.6 Å². The molecule has 1 fully saturated rings. The van der Waals surface area contributed by atoms with Crippen LogP contribution < -0.4 is 0 Å². The molecule has 18 heavy (non-hydrogen) atoms. The van der Waals surface area contributed by atoms with E-state index in [0.29, 0.717) is 13.2 Å². The van der Waals surface area contributed by atoms with Crippen molar-refractivity contribution >= 4 is 0 Å². The van der Waals surface area contributed by atoms with Gasteiger partial charge in [0.1, 0.15) is 0 Å². The molecular weight excluding hydrogens is 224 g/mol. The molecular formula is C16H24O2. The Morgan fingerprint density at radius 2 is 1.67 bits per heavy atom. The van der Waals surface area contributed by atoms with Gasteiger partial charge in [-0.05, 0) is 29.4 Å². The Balaban J connectivity index is 2.06. The fourth-order valence-electron chi connectivity index (χ4n) is 2.43. The van der Waals surface area contributed by atoms with E-state index in [9.17, 15) is 5.11 Å². The SMILES string of the molecule is CC(C)(C)c1ccc(CC2(O)CCOCC2)cc1. The molecule has 0 spiro atoms. The molecule has 2 rings (SSSR count). The maximum absolute atomic E-state index is 10.5. The van der Waals surface area contributed by atoms with Gasteiger partial charge in [-0.1, -0.05) is 45.0 Å². The molecule has 1 aromatic rings. The Labute approximate surface area is 110 Å². The van der Waals surface area contributed by atoms with Crippen molar-refractivity contribution < 1.29 is 9.84 Å². The fourth-order valence-corrected chi connectivity index (χ4v) is 2.43. The predicted octanol–water partition coefficient (Wildman–Crippen LogP) is 3.07.